The number of fused-ring (bicyclic) bond motifs is 1. The van der Waals surface area contributed by atoms with Crippen LogP contribution >= 0.6 is 0 Å². The summed E-state index contributed by atoms with van der Waals surface area (Å²) in [7, 11) is 2.01. The fraction of sp³-hybridized carbons (Fsp3) is 0.167. The lowest BCUT2D eigenvalue weighted by molar-refractivity contribution is 0.101. The number of carbonyl (C=O) groups excluding carboxylic acids is 1. The Labute approximate surface area is 118 Å². The molecule has 0 atom stereocenters. The zero-order valence-electron chi connectivity index (χ0n) is 12.0. The van der Waals surface area contributed by atoms with Crippen molar-refractivity contribution in [3.63, 3.8) is 0 Å². The molecule has 0 aliphatic heterocycles. The minimum absolute atomic E-state index is 0.123. The number of hydrogen-bond acceptors (Lipinski definition) is 1. The van der Waals surface area contributed by atoms with E-state index in [0.29, 0.717) is 0 Å². The third-order valence-electron chi connectivity index (χ3n) is 3.95. The minimum Gasteiger partial charge on any atom is -0.347 e. The van der Waals surface area contributed by atoms with Gasteiger partial charge in [-0.1, -0.05) is 36.4 Å². The van der Waals surface area contributed by atoms with Gasteiger partial charge in [0, 0.05) is 29.2 Å². The number of nitrogens with zero attached hydrogens (tertiary/aromatic N) is 1. The molecular formula is C18H17NO. The van der Waals surface area contributed by atoms with Crippen molar-refractivity contribution in [3.8, 4) is 11.1 Å². The van der Waals surface area contributed by atoms with Gasteiger partial charge in [0.15, 0.2) is 5.78 Å². The number of benzene rings is 2. The second kappa shape index (κ2) is 4.64. The van der Waals surface area contributed by atoms with E-state index in [1.165, 1.54) is 5.56 Å². The molecular weight excluding hydrogens is 246 g/mol. The highest BCUT2D eigenvalue weighted by molar-refractivity contribution is 6.09. The van der Waals surface area contributed by atoms with Crippen molar-refractivity contribution < 1.29 is 4.79 Å². The average Bonchev–Trinajstić information content (AvgIpc) is 2.71. The Bertz CT molecular complexity index is 797. The Kier molecular flexibility index (Phi) is 2.94. The molecule has 0 fully saturated rings. The van der Waals surface area contributed by atoms with E-state index in [1.807, 2.05) is 32.2 Å². The molecule has 0 aliphatic rings. The van der Waals surface area contributed by atoms with Gasteiger partial charge in [-0.15, -0.1) is 0 Å². The molecule has 0 radical (unpaired) electrons. The first kappa shape index (κ1) is 12.7. The van der Waals surface area contributed by atoms with Crippen LogP contribution in [0, 0.1) is 6.92 Å². The predicted octanol–water partition coefficient (Wildman–Crippen LogP) is 4.36. The monoisotopic (exact) mass is 263 g/mol. The zero-order chi connectivity index (χ0) is 14.3. The maximum absolute atomic E-state index is 11.9. The summed E-state index contributed by atoms with van der Waals surface area (Å²) in [5.74, 6) is 0.123. The quantitative estimate of drug-likeness (QED) is 0.630. The summed E-state index contributed by atoms with van der Waals surface area (Å²) in [4.78, 5) is 11.9. The summed E-state index contributed by atoms with van der Waals surface area (Å²) in [6.07, 6.45) is 0. The van der Waals surface area contributed by atoms with E-state index < -0.39 is 0 Å². The summed E-state index contributed by atoms with van der Waals surface area (Å²) in [6.45, 7) is 3.63. The van der Waals surface area contributed by atoms with Crippen LogP contribution in [-0.2, 0) is 7.05 Å². The SMILES string of the molecule is CC(=O)c1c(C)n(C)c2ccc(-c3ccccc3)cc12. The molecule has 0 N–H and O–H groups in total. The first-order valence-electron chi connectivity index (χ1n) is 6.75. The molecule has 0 spiro atoms. The van der Waals surface area contributed by atoms with Crippen molar-refractivity contribution in [1.29, 1.82) is 0 Å². The third-order valence-corrected chi connectivity index (χ3v) is 3.95. The minimum atomic E-state index is 0.123. The predicted molar refractivity (Wildman–Crippen MR) is 83.1 cm³/mol. The van der Waals surface area contributed by atoms with Gasteiger partial charge in [-0.2, -0.15) is 0 Å². The van der Waals surface area contributed by atoms with Crippen LogP contribution in [0.1, 0.15) is 23.0 Å². The van der Waals surface area contributed by atoms with Gasteiger partial charge < -0.3 is 4.57 Å². The molecule has 100 valence electrons. The first-order valence-corrected chi connectivity index (χ1v) is 6.75. The number of ketones is 1. The van der Waals surface area contributed by atoms with Crippen LogP contribution in [0.3, 0.4) is 0 Å². The van der Waals surface area contributed by atoms with Crippen molar-refractivity contribution in [2.24, 2.45) is 7.05 Å². The molecule has 0 saturated carbocycles. The second-order valence-electron chi connectivity index (χ2n) is 5.17. The highest BCUT2D eigenvalue weighted by Gasteiger charge is 2.15. The normalized spacial score (nSPS) is 10.9. The average molecular weight is 263 g/mol. The van der Waals surface area contributed by atoms with Crippen LogP contribution in [0.5, 0.6) is 0 Å². The molecule has 20 heavy (non-hydrogen) atoms. The van der Waals surface area contributed by atoms with Crippen molar-refractivity contribution in [3.05, 3.63) is 59.8 Å². The molecule has 1 heterocycles. The number of hydrogen-bond donors (Lipinski definition) is 0. The van der Waals surface area contributed by atoms with Gasteiger partial charge >= 0.3 is 0 Å². The Morgan fingerprint density at radius 2 is 1.70 bits per heavy atom. The van der Waals surface area contributed by atoms with Gasteiger partial charge in [-0.25, -0.2) is 0 Å². The third kappa shape index (κ3) is 1.85. The van der Waals surface area contributed by atoms with Gasteiger partial charge in [0.05, 0.1) is 0 Å². The van der Waals surface area contributed by atoms with Gasteiger partial charge in [0.1, 0.15) is 0 Å². The number of rotatable bonds is 2. The lowest BCUT2D eigenvalue weighted by atomic mass is 10.0. The van der Waals surface area contributed by atoms with Crippen molar-refractivity contribution >= 4 is 16.7 Å². The van der Waals surface area contributed by atoms with E-state index in [1.54, 1.807) is 6.92 Å². The summed E-state index contributed by atoms with van der Waals surface area (Å²) < 4.78 is 2.08. The van der Waals surface area contributed by atoms with Crippen LogP contribution in [-0.4, -0.2) is 10.4 Å². The van der Waals surface area contributed by atoms with E-state index in [9.17, 15) is 4.79 Å². The standard InChI is InChI=1S/C18H17NO/c1-12-18(13(2)20)16-11-15(9-10-17(16)19(12)3)14-7-5-4-6-8-14/h4-11H,1-3H3. The van der Waals surface area contributed by atoms with Crippen molar-refractivity contribution in [1.82, 2.24) is 4.57 Å². The molecule has 0 saturated heterocycles. The maximum atomic E-state index is 11.9. The first-order chi connectivity index (χ1) is 9.59. The van der Waals surface area contributed by atoms with Gasteiger partial charge in [-0.3, -0.25) is 4.79 Å². The largest absolute Gasteiger partial charge is 0.347 e. The van der Waals surface area contributed by atoms with Crippen molar-refractivity contribution in [2.75, 3.05) is 0 Å². The lowest BCUT2D eigenvalue weighted by Crippen LogP contribution is -1.96. The Balaban J connectivity index is 2.31. The Morgan fingerprint density at radius 3 is 2.35 bits per heavy atom. The van der Waals surface area contributed by atoms with E-state index in [-0.39, 0.29) is 5.78 Å². The Hall–Kier alpha value is -2.35. The molecule has 2 aromatic carbocycles. The maximum Gasteiger partial charge on any atom is 0.162 e. The molecule has 3 rings (SSSR count). The number of carbonyl (C=O) groups is 1. The fourth-order valence-electron chi connectivity index (χ4n) is 2.83. The fourth-order valence-corrected chi connectivity index (χ4v) is 2.83. The second-order valence-corrected chi connectivity index (χ2v) is 5.17. The van der Waals surface area contributed by atoms with Crippen LogP contribution in [0.25, 0.3) is 22.0 Å². The topological polar surface area (TPSA) is 22.0 Å². The van der Waals surface area contributed by atoms with Gasteiger partial charge in [-0.05, 0) is 37.1 Å². The van der Waals surface area contributed by atoms with Crippen LogP contribution < -0.4 is 0 Å². The molecule has 1 aromatic heterocycles. The number of aromatic nitrogens is 1. The summed E-state index contributed by atoms with van der Waals surface area (Å²) in [6, 6.07) is 16.6. The molecule has 0 unspecified atom stereocenters. The molecule has 2 nitrogen and oxygen atoms in total. The van der Waals surface area contributed by atoms with Crippen LogP contribution in [0.4, 0.5) is 0 Å². The summed E-state index contributed by atoms with van der Waals surface area (Å²) in [5.41, 5.74) is 5.28. The number of aryl methyl sites for hydroxylation is 1. The molecule has 3 aromatic rings. The highest BCUT2D eigenvalue weighted by Crippen LogP contribution is 2.30. The van der Waals surface area contributed by atoms with E-state index >= 15 is 0 Å². The van der Waals surface area contributed by atoms with E-state index in [2.05, 4.69) is 34.9 Å². The van der Waals surface area contributed by atoms with E-state index in [4.69, 9.17) is 0 Å². The highest BCUT2D eigenvalue weighted by atomic mass is 16.1. The number of Topliss-reactive ketones (excluding diaryl/α,β-unsaturated/α-hetero) is 1. The smallest absolute Gasteiger partial charge is 0.162 e. The van der Waals surface area contributed by atoms with Gasteiger partial charge in [0.25, 0.3) is 0 Å². The molecule has 0 aliphatic carbocycles. The lowest BCUT2D eigenvalue weighted by Gasteiger charge is -2.03. The van der Waals surface area contributed by atoms with Crippen LogP contribution in [0.2, 0.25) is 0 Å². The summed E-state index contributed by atoms with van der Waals surface area (Å²) in [5, 5.41) is 1.04. The molecule has 2 heteroatoms. The summed E-state index contributed by atoms with van der Waals surface area (Å²) >= 11 is 0. The zero-order valence-corrected chi connectivity index (χ0v) is 12.0. The Morgan fingerprint density at radius 1 is 1.00 bits per heavy atom. The molecule has 0 bridgehead atoms. The van der Waals surface area contributed by atoms with Gasteiger partial charge in [0.2, 0.25) is 0 Å². The van der Waals surface area contributed by atoms with Crippen LogP contribution in [0.15, 0.2) is 48.5 Å². The van der Waals surface area contributed by atoms with E-state index in [0.717, 1.165) is 27.7 Å². The molecule has 0 amide bonds. The van der Waals surface area contributed by atoms with Crippen molar-refractivity contribution in [2.45, 2.75) is 13.8 Å².